The van der Waals surface area contributed by atoms with Crippen LogP contribution in [0.15, 0.2) is 48.5 Å². The van der Waals surface area contributed by atoms with Gasteiger partial charge < -0.3 is 15.5 Å². The van der Waals surface area contributed by atoms with Gasteiger partial charge in [0, 0.05) is 36.0 Å². The van der Waals surface area contributed by atoms with Crippen molar-refractivity contribution in [1.29, 1.82) is 0 Å². The maximum Gasteiger partial charge on any atom is 0.238 e. The number of carbonyl (C=O) groups excluding carboxylic acids is 2. The summed E-state index contributed by atoms with van der Waals surface area (Å²) in [7, 11) is 0. The first kappa shape index (κ1) is 25.7. The molecule has 2 amide bonds. The standard InChI is InChI=1S/C25H35ClN4O2/c1-4-16-30(17-15-26)23-13-7-20(8-14-23)18-24(31)27-21-9-11-22(12-10-21)28-25(32)19-29(5-2)6-3/h7-14H,4-6,15-19H2,1-3H3,(H,27,31)(H,28,32). The number of carbonyl (C=O) groups is 2. The van der Waals surface area contributed by atoms with Crippen molar-refractivity contribution in [3.8, 4) is 0 Å². The van der Waals surface area contributed by atoms with Gasteiger partial charge in [-0.05, 0) is 61.5 Å². The second-order valence-electron chi connectivity index (χ2n) is 7.65. The monoisotopic (exact) mass is 458 g/mol. The van der Waals surface area contributed by atoms with Gasteiger partial charge in [-0.2, -0.15) is 0 Å². The largest absolute Gasteiger partial charge is 0.370 e. The Balaban J connectivity index is 1.87. The Kier molecular flexibility index (Phi) is 11.0. The fourth-order valence-corrected chi connectivity index (χ4v) is 3.65. The number of nitrogens with one attached hydrogen (secondary N) is 2. The second kappa shape index (κ2) is 13.8. The molecule has 174 valence electrons. The van der Waals surface area contributed by atoms with E-state index in [2.05, 4.69) is 27.4 Å². The van der Waals surface area contributed by atoms with Crippen molar-refractivity contribution in [3.63, 3.8) is 0 Å². The van der Waals surface area contributed by atoms with E-state index in [-0.39, 0.29) is 11.8 Å². The van der Waals surface area contributed by atoms with Crippen molar-refractivity contribution in [3.05, 3.63) is 54.1 Å². The number of hydrogen-bond donors (Lipinski definition) is 2. The molecule has 0 saturated carbocycles. The molecule has 0 aromatic heterocycles. The highest BCUT2D eigenvalue weighted by Gasteiger charge is 2.09. The van der Waals surface area contributed by atoms with E-state index in [1.807, 2.05) is 38.1 Å². The quantitative estimate of drug-likeness (QED) is 0.430. The summed E-state index contributed by atoms with van der Waals surface area (Å²) in [5, 5.41) is 5.80. The molecule has 0 atom stereocenters. The van der Waals surface area contributed by atoms with Crippen molar-refractivity contribution in [2.24, 2.45) is 0 Å². The smallest absolute Gasteiger partial charge is 0.238 e. The number of alkyl halides is 1. The van der Waals surface area contributed by atoms with Crippen molar-refractivity contribution in [2.75, 3.05) is 54.1 Å². The summed E-state index contributed by atoms with van der Waals surface area (Å²) >= 11 is 5.91. The van der Waals surface area contributed by atoms with Crippen LogP contribution >= 0.6 is 11.6 Å². The van der Waals surface area contributed by atoms with Gasteiger partial charge in [0.2, 0.25) is 11.8 Å². The Morgan fingerprint density at radius 3 is 1.88 bits per heavy atom. The topological polar surface area (TPSA) is 64.7 Å². The molecule has 2 aromatic rings. The molecule has 0 unspecified atom stereocenters. The van der Waals surface area contributed by atoms with E-state index in [0.717, 1.165) is 43.9 Å². The molecule has 32 heavy (non-hydrogen) atoms. The third-order valence-electron chi connectivity index (χ3n) is 5.23. The van der Waals surface area contributed by atoms with Gasteiger partial charge in [0.25, 0.3) is 0 Å². The Hall–Kier alpha value is -2.57. The lowest BCUT2D eigenvalue weighted by Crippen LogP contribution is -2.32. The number of benzene rings is 2. The molecule has 0 saturated heterocycles. The molecule has 7 heteroatoms. The predicted molar refractivity (Wildman–Crippen MR) is 135 cm³/mol. The first-order valence-corrected chi connectivity index (χ1v) is 11.8. The van der Waals surface area contributed by atoms with E-state index in [0.29, 0.717) is 30.2 Å². The average Bonchev–Trinajstić information content (AvgIpc) is 2.79. The Labute approximate surface area is 196 Å². The average molecular weight is 459 g/mol. The van der Waals surface area contributed by atoms with Crippen molar-refractivity contribution >= 4 is 40.5 Å². The molecule has 6 nitrogen and oxygen atoms in total. The van der Waals surface area contributed by atoms with Gasteiger partial charge in [-0.3, -0.25) is 14.5 Å². The molecule has 2 aromatic carbocycles. The zero-order valence-electron chi connectivity index (χ0n) is 19.4. The summed E-state index contributed by atoms with van der Waals surface area (Å²) in [4.78, 5) is 28.9. The fraction of sp³-hybridized carbons (Fsp3) is 0.440. The zero-order valence-corrected chi connectivity index (χ0v) is 20.1. The fourth-order valence-electron chi connectivity index (χ4n) is 3.44. The highest BCUT2D eigenvalue weighted by Crippen LogP contribution is 2.18. The first-order chi connectivity index (χ1) is 15.5. The van der Waals surface area contributed by atoms with Crippen molar-refractivity contribution in [2.45, 2.75) is 33.6 Å². The molecule has 0 fully saturated rings. The first-order valence-electron chi connectivity index (χ1n) is 11.3. The van der Waals surface area contributed by atoms with E-state index in [1.165, 1.54) is 0 Å². The van der Waals surface area contributed by atoms with E-state index in [1.54, 1.807) is 24.3 Å². The number of rotatable bonds is 13. The molecule has 2 rings (SSSR count). The molecule has 0 heterocycles. The van der Waals surface area contributed by atoms with Crippen LogP contribution in [0.2, 0.25) is 0 Å². The summed E-state index contributed by atoms with van der Waals surface area (Å²) in [6.45, 7) is 10.0. The van der Waals surface area contributed by atoms with Gasteiger partial charge in [0.1, 0.15) is 0 Å². The number of nitrogens with zero attached hydrogens (tertiary/aromatic N) is 2. The number of halogens is 1. The second-order valence-corrected chi connectivity index (χ2v) is 8.03. The third-order valence-corrected chi connectivity index (χ3v) is 5.40. The summed E-state index contributed by atoms with van der Waals surface area (Å²) in [6, 6.07) is 15.2. The van der Waals surface area contributed by atoms with Crippen molar-refractivity contribution in [1.82, 2.24) is 4.90 Å². The third kappa shape index (κ3) is 8.52. The minimum atomic E-state index is -0.0813. The summed E-state index contributed by atoms with van der Waals surface area (Å²) in [5.74, 6) is 0.461. The van der Waals surface area contributed by atoms with Crippen LogP contribution in [0.25, 0.3) is 0 Å². The van der Waals surface area contributed by atoms with Gasteiger partial charge >= 0.3 is 0 Å². The summed E-state index contributed by atoms with van der Waals surface area (Å²) in [6.07, 6.45) is 1.35. The Morgan fingerprint density at radius 1 is 0.812 bits per heavy atom. The highest BCUT2D eigenvalue weighted by atomic mass is 35.5. The van der Waals surface area contributed by atoms with E-state index in [9.17, 15) is 9.59 Å². The lowest BCUT2D eigenvalue weighted by molar-refractivity contribution is -0.117. The van der Waals surface area contributed by atoms with Crippen LogP contribution in [0.5, 0.6) is 0 Å². The van der Waals surface area contributed by atoms with Crippen LogP contribution in [0.3, 0.4) is 0 Å². The van der Waals surface area contributed by atoms with E-state index >= 15 is 0 Å². The Bertz CT molecular complexity index is 830. The Morgan fingerprint density at radius 2 is 1.38 bits per heavy atom. The van der Waals surface area contributed by atoms with Gasteiger partial charge in [-0.1, -0.05) is 32.9 Å². The maximum atomic E-state index is 12.4. The SMILES string of the molecule is CCCN(CCCl)c1ccc(CC(=O)Nc2ccc(NC(=O)CN(CC)CC)cc2)cc1. The number of amides is 2. The van der Waals surface area contributed by atoms with Crippen LogP contribution in [0, 0.1) is 0 Å². The van der Waals surface area contributed by atoms with Gasteiger partial charge in [-0.15, -0.1) is 11.6 Å². The van der Waals surface area contributed by atoms with Gasteiger partial charge in [0.05, 0.1) is 13.0 Å². The molecule has 2 N–H and O–H groups in total. The van der Waals surface area contributed by atoms with Gasteiger partial charge in [-0.25, -0.2) is 0 Å². The van der Waals surface area contributed by atoms with Crippen LogP contribution in [0.1, 0.15) is 32.8 Å². The molecular formula is C25H35ClN4O2. The molecule has 0 radical (unpaired) electrons. The lowest BCUT2D eigenvalue weighted by atomic mass is 10.1. The van der Waals surface area contributed by atoms with Crippen LogP contribution in [0.4, 0.5) is 17.1 Å². The molecular weight excluding hydrogens is 424 g/mol. The highest BCUT2D eigenvalue weighted by molar-refractivity contribution is 6.18. The van der Waals surface area contributed by atoms with E-state index < -0.39 is 0 Å². The minimum absolute atomic E-state index is 0.0440. The summed E-state index contributed by atoms with van der Waals surface area (Å²) < 4.78 is 0. The number of likely N-dealkylation sites (N-methyl/N-ethyl adjacent to an activating group) is 1. The molecule has 0 aliphatic heterocycles. The molecule has 0 bridgehead atoms. The number of anilines is 3. The molecule has 0 aliphatic rings. The number of hydrogen-bond acceptors (Lipinski definition) is 4. The molecule has 0 spiro atoms. The van der Waals surface area contributed by atoms with Crippen LogP contribution in [-0.4, -0.2) is 55.3 Å². The van der Waals surface area contributed by atoms with Crippen molar-refractivity contribution < 1.29 is 9.59 Å². The predicted octanol–water partition coefficient (Wildman–Crippen LogP) is 4.60. The maximum absolute atomic E-state index is 12.4. The zero-order chi connectivity index (χ0) is 23.3. The lowest BCUT2D eigenvalue weighted by Gasteiger charge is -2.23. The van der Waals surface area contributed by atoms with Crippen LogP contribution < -0.4 is 15.5 Å². The van der Waals surface area contributed by atoms with Gasteiger partial charge in [0.15, 0.2) is 0 Å². The summed E-state index contributed by atoms with van der Waals surface area (Å²) in [5.41, 5.74) is 3.48. The normalized spacial score (nSPS) is 10.8. The van der Waals surface area contributed by atoms with E-state index in [4.69, 9.17) is 11.6 Å². The molecule has 0 aliphatic carbocycles. The van der Waals surface area contributed by atoms with Crippen LogP contribution in [-0.2, 0) is 16.0 Å². The minimum Gasteiger partial charge on any atom is -0.370 e.